The summed E-state index contributed by atoms with van der Waals surface area (Å²) in [5.41, 5.74) is 0. The van der Waals surface area contributed by atoms with Gasteiger partial charge in [-0.25, -0.2) is 0 Å². The topological polar surface area (TPSA) is 44.8 Å². The van der Waals surface area contributed by atoms with E-state index in [1.165, 1.54) is 7.11 Å². The number of rotatable bonds is 5. The van der Waals surface area contributed by atoms with Crippen molar-refractivity contribution in [3.05, 3.63) is 0 Å². The Balaban J connectivity index is 2.02. The van der Waals surface area contributed by atoms with E-state index >= 15 is 0 Å². The van der Waals surface area contributed by atoms with Crippen LogP contribution in [0, 0.1) is 0 Å². The molecule has 88 valence electrons. The van der Waals surface area contributed by atoms with E-state index < -0.39 is 0 Å². The van der Waals surface area contributed by atoms with Crippen molar-refractivity contribution >= 4 is 5.97 Å². The Morgan fingerprint density at radius 3 is 2.93 bits per heavy atom. The minimum Gasteiger partial charge on any atom is -0.469 e. The summed E-state index contributed by atoms with van der Waals surface area (Å²) in [5, 5.41) is 0. The minimum absolute atomic E-state index is 0.0793. The van der Waals surface area contributed by atoms with Crippen LogP contribution in [0.5, 0.6) is 0 Å². The van der Waals surface area contributed by atoms with Gasteiger partial charge in [0, 0.05) is 6.42 Å². The average Bonchev–Trinajstić information content (AvgIpc) is 2.24. The predicted molar refractivity (Wildman–Crippen MR) is 55.4 cm³/mol. The second-order valence-corrected chi connectivity index (χ2v) is 3.81. The molecule has 2 atom stereocenters. The van der Waals surface area contributed by atoms with Crippen molar-refractivity contribution in [2.75, 3.05) is 13.7 Å². The molecule has 0 spiro atoms. The molecule has 0 amide bonds. The molecule has 1 fully saturated rings. The maximum Gasteiger partial charge on any atom is 0.305 e. The lowest BCUT2D eigenvalue weighted by Crippen LogP contribution is -2.30. The summed E-state index contributed by atoms with van der Waals surface area (Å²) in [6.07, 6.45) is 4.58. The number of unbranched alkanes of at least 4 members (excludes halogenated alkanes) is 1. The largest absolute Gasteiger partial charge is 0.469 e. The van der Waals surface area contributed by atoms with Gasteiger partial charge >= 0.3 is 5.97 Å². The van der Waals surface area contributed by atoms with Crippen LogP contribution in [0.2, 0.25) is 0 Å². The molecule has 1 saturated heterocycles. The highest BCUT2D eigenvalue weighted by atomic mass is 16.7. The molecule has 0 aromatic carbocycles. The molecule has 1 aliphatic rings. The second-order valence-electron chi connectivity index (χ2n) is 3.81. The lowest BCUT2D eigenvalue weighted by molar-refractivity contribution is -0.203. The Morgan fingerprint density at radius 2 is 2.27 bits per heavy atom. The van der Waals surface area contributed by atoms with Crippen molar-refractivity contribution in [2.24, 2.45) is 0 Å². The van der Waals surface area contributed by atoms with Gasteiger partial charge < -0.3 is 14.2 Å². The number of carbonyl (C=O) groups is 1. The maximum absolute atomic E-state index is 10.8. The summed E-state index contributed by atoms with van der Waals surface area (Å²) in [4.78, 5) is 10.8. The quantitative estimate of drug-likeness (QED) is 0.520. The zero-order valence-electron chi connectivity index (χ0n) is 9.53. The fourth-order valence-electron chi connectivity index (χ4n) is 1.70. The Hall–Kier alpha value is -0.610. The van der Waals surface area contributed by atoms with Gasteiger partial charge in [-0.05, 0) is 26.2 Å². The Bertz CT molecular complexity index is 193. The smallest absolute Gasteiger partial charge is 0.305 e. The van der Waals surface area contributed by atoms with Gasteiger partial charge in [0.15, 0.2) is 6.29 Å². The Kier molecular flexibility index (Phi) is 5.65. The van der Waals surface area contributed by atoms with Crippen molar-refractivity contribution in [3.63, 3.8) is 0 Å². The number of esters is 1. The Labute approximate surface area is 90.9 Å². The maximum atomic E-state index is 10.8. The van der Waals surface area contributed by atoms with Crippen LogP contribution in [0.4, 0.5) is 0 Å². The zero-order valence-corrected chi connectivity index (χ0v) is 9.53. The summed E-state index contributed by atoms with van der Waals surface area (Å²) in [5.74, 6) is -0.128. The van der Waals surface area contributed by atoms with Crippen LogP contribution in [-0.4, -0.2) is 32.1 Å². The van der Waals surface area contributed by atoms with Gasteiger partial charge in [0.05, 0.1) is 19.8 Å². The third kappa shape index (κ3) is 5.14. The molecule has 0 aliphatic carbocycles. The van der Waals surface area contributed by atoms with Gasteiger partial charge in [-0.2, -0.15) is 0 Å². The summed E-state index contributed by atoms with van der Waals surface area (Å²) in [7, 11) is 1.42. The highest BCUT2D eigenvalue weighted by molar-refractivity contribution is 5.68. The monoisotopic (exact) mass is 216 g/mol. The van der Waals surface area contributed by atoms with E-state index in [2.05, 4.69) is 4.74 Å². The van der Waals surface area contributed by atoms with Gasteiger partial charge in [-0.3, -0.25) is 4.79 Å². The first-order chi connectivity index (χ1) is 7.22. The first-order valence-electron chi connectivity index (χ1n) is 5.56. The number of hydrogen-bond acceptors (Lipinski definition) is 4. The van der Waals surface area contributed by atoms with Crippen molar-refractivity contribution in [1.82, 2.24) is 0 Å². The lowest BCUT2D eigenvalue weighted by atomic mass is 10.1. The molecule has 1 aliphatic heterocycles. The number of hydrogen-bond donors (Lipinski definition) is 0. The molecule has 0 bridgehead atoms. The predicted octanol–water partition coefficient (Wildman–Crippen LogP) is 1.87. The van der Waals surface area contributed by atoms with Gasteiger partial charge in [-0.15, -0.1) is 0 Å². The molecule has 4 nitrogen and oxygen atoms in total. The first kappa shape index (κ1) is 12.5. The standard InChI is InChI=1S/C11H20O4/c1-9-14-8-7-10(15-9)5-3-4-6-11(12)13-2/h9-10H,3-8H2,1-2H3. The molecule has 0 saturated carbocycles. The summed E-state index contributed by atoms with van der Waals surface area (Å²) in [6, 6.07) is 0. The van der Waals surface area contributed by atoms with Crippen molar-refractivity contribution in [2.45, 2.75) is 51.4 Å². The van der Waals surface area contributed by atoms with Crippen LogP contribution < -0.4 is 0 Å². The third-order valence-corrected chi connectivity index (χ3v) is 2.56. The summed E-state index contributed by atoms with van der Waals surface area (Å²) >= 11 is 0. The molecule has 0 aromatic rings. The number of carbonyl (C=O) groups excluding carboxylic acids is 1. The molecular weight excluding hydrogens is 196 g/mol. The van der Waals surface area contributed by atoms with Crippen molar-refractivity contribution < 1.29 is 19.0 Å². The molecule has 0 aromatic heterocycles. The normalized spacial score (nSPS) is 26.3. The minimum atomic E-state index is -0.128. The second kappa shape index (κ2) is 6.80. The van der Waals surface area contributed by atoms with E-state index in [-0.39, 0.29) is 12.3 Å². The highest BCUT2D eigenvalue weighted by Crippen LogP contribution is 2.17. The molecule has 0 radical (unpaired) electrons. The van der Waals surface area contributed by atoms with Crippen LogP contribution in [0.3, 0.4) is 0 Å². The molecule has 1 rings (SSSR count). The van der Waals surface area contributed by atoms with Gasteiger partial charge in [-0.1, -0.05) is 6.42 Å². The van der Waals surface area contributed by atoms with Gasteiger partial charge in [0.25, 0.3) is 0 Å². The van der Waals surface area contributed by atoms with E-state index in [4.69, 9.17) is 9.47 Å². The SMILES string of the molecule is COC(=O)CCCCC1CCOC(C)O1. The number of ether oxygens (including phenoxy) is 3. The van der Waals surface area contributed by atoms with Crippen molar-refractivity contribution in [1.29, 1.82) is 0 Å². The molecular formula is C11H20O4. The molecule has 1 heterocycles. The molecule has 15 heavy (non-hydrogen) atoms. The van der Waals surface area contributed by atoms with Crippen LogP contribution >= 0.6 is 0 Å². The molecule has 4 heteroatoms. The average molecular weight is 216 g/mol. The Morgan fingerprint density at radius 1 is 1.47 bits per heavy atom. The van der Waals surface area contributed by atoms with Crippen LogP contribution in [0.15, 0.2) is 0 Å². The lowest BCUT2D eigenvalue weighted by Gasteiger charge is -2.27. The fourth-order valence-corrected chi connectivity index (χ4v) is 1.70. The van der Waals surface area contributed by atoms with Crippen LogP contribution in [0.25, 0.3) is 0 Å². The highest BCUT2D eigenvalue weighted by Gasteiger charge is 2.18. The van der Waals surface area contributed by atoms with E-state index in [9.17, 15) is 4.79 Å². The van der Waals surface area contributed by atoms with Gasteiger partial charge in [0.1, 0.15) is 0 Å². The van der Waals surface area contributed by atoms with E-state index in [0.29, 0.717) is 12.5 Å². The molecule has 2 unspecified atom stereocenters. The van der Waals surface area contributed by atoms with E-state index in [1.54, 1.807) is 0 Å². The summed E-state index contributed by atoms with van der Waals surface area (Å²) in [6.45, 7) is 2.70. The first-order valence-corrected chi connectivity index (χ1v) is 5.56. The fraction of sp³-hybridized carbons (Fsp3) is 0.909. The number of methoxy groups -OCH3 is 1. The van der Waals surface area contributed by atoms with Crippen LogP contribution in [-0.2, 0) is 19.0 Å². The third-order valence-electron chi connectivity index (χ3n) is 2.56. The van der Waals surface area contributed by atoms with E-state index in [1.807, 2.05) is 6.92 Å². The van der Waals surface area contributed by atoms with E-state index in [0.717, 1.165) is 32.3 Å². The zero-order chi connectivity index (χ0) is 11.1. The summed E-state index contributed by atoms with van der Waals surface area (Å²) < 4.78 is 15.4. The molecule has 0 N–H and O–H groups in total. The van der Waals surface area contributed by atoms with Gasteiger partial charge in [0.2, 0.25) is 0 Å². The van der Waals surface area contributed by atoms with Crippen LogP contribution in [0.1, 0.15) is 39.0 Å². The van der Waals surface area contributed by atoms with Crippen molar-refractivity contribution in [3.8, 4) is 0 Å².